The molecule has 0 radical (unpaired) electrons. The van der Waals surface area contributed by atoms with Gasteiger partial charge in [0.15, 0.2) is 0 Å². The van der Waals surface area contributed by atoms with Crippen molar-refractivity contribution in [1.29, 1.82) is 0 Å². The number of benzene rings is 2. The van der Waals surface area contributed by atoms with E-state index in [4.69, 9.17) is 9.47 Å². The number of imide groups is 1. The number of nitrogens with zero attached hydrogens (tertiary/aromatic N) is 1. The molecule has 0 atom stereocenters. The molecule has 0 fully saturated rings. The number of nitrogens with one attached hydrogen (secondary N) is 2. The normalized spacial score (nSPS) is 10.8. The summed E-state index contributed by atoms with van der Waals surface area (Å²) in [6.45, 7) is 1.99. The van der Waals surface area contributed by atoms with Gasteiger partial charge in [-0.05, 0) is 49.1 Å². The molecule has 0 aliphatic heterocycles. The van der Waals surface area contributed by atoms with Gasteiger partial charge in [-0.1, -0.05) is 43.3 Å². The minimum Gasteiger partial charge on any atom is -0.434 e. The van der Waals surface area contributed by atoms with Crippen LogP contribution in [0.3, 0.4) is 0 Å². The molecule has 1 aromatic heterocycles. The van der Waals surface area contributed by atoms with Crippen molar-refractivity contribution < 1.29 is 37.1 Å². The maximum atomic E-state index is 12.8. The molecule has 0 spiro atoms. The van der Waals surface area contributed by atoms with Crippen molar-refractivity contribution >= 4 is 33.9 Å². The molecule has 3 amide bonds. The van der Waals surface area contributed by atoms with Crippen LogP contribution in [-0.4, -0.2) is 43.9 Å². The van der Waals surface area contributed by atoms with Crippen LogP contribution in [0, 0.1) is 0 Å². The summed E-state index contributed by atoms with van der Waals surface area (Å²) < 4.78 is 37.0. The van der Waals surface area contributed by atoms with Gasteiger partial charge in [0.2, 0.25) is 11.8 Å². The second kappa shape index (κ2) is 13.8. The fraction of sp³-hybridized carbons (Fsp3) is 0.222. The van der Waals surface area contributed by atoms with E-state index in [1.807, 2.05) is 42.0 Å². The highest BCUT2D eigenvalue weighted by Crippen LogP contribution is 2.14. The van der Waals surface area contributed by atoms with Gasteiger partial charge < -0.3 is 9.47 Å². The SMILES string of the molecule is CCCOC(=O)Oc1ccc(C(=O)NS(=O)(=O)c2cccc(C(=O)NC(=O)CCCc3ccccc3)c2)cn1. The number of pyridine rings is 1. The second-order valence-electron chi connectivity index (χ2n) is 8.26. The Bertz CT molecular complexity index is 1420. The fourth-order valence-electron chi connectivity index (χ4n) is 3.28. The van der Waals surface area contributed by atoms with Crippen LogP contribution in [0.25, 0.3) is 0 Å². The van der Waals surface area contributed by atoms with Crippen molar-refractivity contribution in [3.63, 3.8) is 0 Å². The summed E-state index contributed by atoms with van der Waals surface area (Å²) in [7, 11) is -4.37. The van der Waals surface area contributed by atoms with E-state index in [1.165, 1.54) is 30.3 Å². The highest BCUT2D eigenvalue weighted by molar-refractivity contribution is 7.90. The smallest absolute Gasteiger partial charge is 0.434 e. The number of amides is 3. The molecule has 2 N–H and O–H groups in total. The minimum absolute atomic E-state index is 0.0696. The highest BCUT2D eigenvalue weighted by Gasteiger charge is 2.21. The van der Waals surface area contributed by atoms with E-state index in [2.05, 4.69) is 10.3 Å². The molecule has 3 rings (SSSR count). The van der Waals surface area contributed by atoms with E-state index < -0.39 is 33.9 Å². The molecular weight excluding hydrogens is 526 g/mol. The predicted molar refractivity (Wildman–Crippen MR) is 139 cm³/mol. The second-order valence-corrected chi connectivity index (χ2v) is 9.95. The van der Waals surface area contributed by atoms with Crippen LogP contribution < -0.4 is 14.8 Å². The Labute approximate surface area is 225 Å². The summed E-state index contributed by atoms with van der Waals surface area (Å²) in [5.74, 6) is -2.38. The molecule has 204 valence electrons. The molecule has 0 saturated carbocycles. The Balaban J connectivity index is 1.56. The van der Waals surface area contributed by atoms with Gasteiger partial charge in [0, 0.05) is 24.2 Å². The van der Waals surface area contributed by atoms with E-state index in [-0.39, 0.29) is 34.9 Å². The zero-order valence-electron chi connectivity index (χ0n) is 21.1. The first-order valence-corrected chi connectivity index (χ1v) is 13.5. The van der Waals surface area contributed by atoms with Gasteiger partial charge in [-0.2, -0.15) is 0 Å². The molecule has 3 aromatic rings. The molecule has 11 nitrogen and oxygen atoms in total. The minimum atomic E-state index is -4.37. The molecule has 0 aliphatic rings. The number of carbonyl (C=O) groups is 4. The lowest BCUT2D eigenvalue weighted by molar-refractivity contribution is -0.120. The Hall–Kier alpha value is -4.58. The first-order chi connectivity index (χ1) is 18.7. The number of aryl methyl sites for hydroxylation is 1. The van der Waals surface area contributed by atoms with Crippen LogP contribution in [0.4, 0.5) is 4.79 Å². The summed E-state index contributed by atoms with van der Waals surface area (Å²) in [4.78, 5) is 52.1. The van der Waals surface area contributed by atoms with Gasteiger partial charge in [0.25, 0.3) is 21.8 Å². The average molecular weight is 554 g/mol. The Kier molecular flexibility index (Phi) is 10.3. The van der Waals surface area contributed by atoms with Crippen molar-refractivity contribution in [2.75, 3.05) is 6.61 Å². The molecule has 2 aromatic carbocycles. The van der Waals surface area contributed by atoms with Crippen LogP contribution in [0.15, 0.2) is 77.8 Å². The van der Waals surface area contributed by atoms with Crippen LogP contribution >= 0.6 is 0 Å². The van der Waals surface area contributed by atoms with Gasteiger partial charge in [0.1, 0.15) is 0 Å². The van der Waals surface area contributed by atoms with E-state index >= 15 is 0 Å². The standard InChI is InChI=1S/C27H27N3O8S/c1-2-16-37-27(34)38-24-15-14-21(18-28-24)26(33)30-39(35,36)22-12-7-11-20(17-22)25(32)29-23(31)13-6-10-19-8-4-3-5-9-19/h3-5,7-9,11-12,14-15,17-18H,2,6,10,13,16H2,1H3,(H,30,33)(H,29,31,32). The number of carbonyl (C=O) groups excluding carboxylic acids is 4. The lowest BCUT2D eigenvalue weighted by Crippen LogP contribution is -2.32. The third-order valence-corrected chi connectivity index (χ3v) is 6.54. The largest absolute Gasteiger partial charge is 0.515 e. The summed E-state index contributed by atoms with van der Waals surface area (Å²) in [5.41, 5.74) is 0.881. The number of hydrogen-bond acceptors (Lipinski definition) is 9. The van der Waals surface area contributed by atoms with Gasteiger partial charge in [-0.15, -0.1) is 0 Å². The van der Waals surface area contributed by atoms with E-state index in [0.717, 1.165) is 17.8 Å². The topological polar surface area (TPSA) is 158 Å². The molecule has 12 heteroatoms. The Morgan fingerprint density at radius 3 is 2.36 bits per heavy atom. The molecular formula is C27H27N3O8S. The quantitative estimate of drug-likeness (QED) is 0.340. The first kappa shape index (κ1) is 29.0. The maximum absolute atomic E-state index is 12.8. The van der Waals surface area contributed by atoms with Gasteiger partial charge in [0.05, 0.1) is 17.1 Å². The predicted octanol–water partition coefficient (Wildman–Crippen LogP) is 3.41. The summed E-state index contributed by atoms with van der Waals surface area (Å²) >= 11 is 0. The van der Waals surface area contributed by atoms with E-state index in [0.29, 0.717) is 19.3 Å². The van der Waals surface area contributed by atoms with Crippen molar-refractivity contribution in [2.24, 2.45) is 0 Å². The van der Waals surface area contributed by atoms with Crippen molar-refractivity contribution in [2.45, 2.75) is 37.5 Å². The van der Waals surface area contributed by atoms with Gasteiger partial charge in [-0.3, -0.25) is 19.7 Å². The monoisotopic (exact) mass is 553 g/mol. The van der Waals surface area contributed by atoms with Crippen LogP contribution in [0.5, 0.6) is 5.88 Å². The lowest BCUT2D eigenvalue weighted by atomic mass is 10.1. The molecule has 39 heavy (non-hydrogen) atoms. The summed E-state index contributed by atoms with van der Waals surface area (Å²) in [5, 5.41) is 2.24. The molecule has 0 bridgehead atoms. The van der Waals surface area contributed by atoms with Crippen molar-refractivity contribution in [3.8, 4) is 5.88 Å². The summed E-state index contributed by atoms with van der Waals surface area (Å²) in [6.07, 6.45) is 2.01. The molecule has 0 aliphatic carbocycles. The Morgan fingerprint density at radius 2 is 1.67 bits per heavy atom. The Morgan fingerprint density at radius 1 is 0.897 bits per heavy atom. The average Bonchev–Trinajstić information content (AvgIpc) is 2.92. The van der Waals surface area contributed by atoms with E-state index in [1.54, 1.807) is 0 Å². The van der Waals surface area contributed by atoms with Crippen molar-refractivity contribution in [1.82, 2.24) is 15.0 Å². The van der Waals surface area contributed by atoms with Crippen molar-refractivity contribution in [3.05, 3.63) is 89.6 Å². The number of ether oxygens (including phenoxy) is 2. The first-order valence-electron chi connectivity index (χ1n) is 12.0. The van der Waals surface area contributed by atoms with Gasteiger partial charge >= 0.3 is 6.16 Å². The van der Waals surface area contributed by atoms with E-state index in [9.17, 15) is 27.6 Å². The number of aromatic nitrogens is 1. The highest BCUT2D eigenvalue weighted by atomic mass is 32.2. The number of rotatable bonds is 11. The maximum Gasteiger partial charge on any atom is 0.515 e. The molecule has 0 saturated heterocycles. The lowest BCUT2D eigenvalue weighted by Gasteiger charge is -2.09. The fourth-order valence-corrected chi connectivity index (χ4v) is 4.30. The number of hydrogen-bond donors (Lipinski definition) is 2. The molecule has 1 heterocycles. The van der Waals surface area contributed by atoms with Crippen LogP contribution in [0.2, 0.25) is 0 Å². The summed E-state index contributed by atoms with van der Waals surface area (Å²) in [6, 6.07) is 16.9. The molecule has 0 unspecified atom stereocenters. The zero-order chi connectivity index (χ0) is 28.3. The van der Waals surface area contributed by atoms with Crippen LogP contribution in [-0.2, 0) is 26.0 Å². The third kappa shape index (κ3) is 9.04. The van der Waals surface area contributed by atoms with Gasteiger partial charge in [-0.25, -0.2) is 22.9 Å². The number of sulfonamides is 1. The third-order valence-electron chi connectivity index (χ3n) is 5.21. The van der Waals surface area contributed by atoms with Crippen LogP contribution in [0.1, 0.15) is 52.5 Å². The zero-order valence-corrected chi connectivity index (χ0v) is 21.9.